The van der Waals surface area contributed by atoms with Crippen molar-refractivity contribution in [1.82, 2.24) is 0 Å². The largest absolute Gasteiger partial charge is 0.465 e. The van der Waals surface area contributed by atoms with Gasteiger partial charge >= 0.3 is 11.9 Å². The van der Waals surface area contributed by atoms with Gasteiger partial charge in [0.2, 0.25) is 0 Å². The first-order valence-corrected chi connectivity index (χ1v) is 10.2. The van der Waals surface area contributed by atoms with E-state index in [0.29, 0.717) is 12.0 Å². The molecule has 0 aromatic heterocycles. The summed E-state index contributed by atoms with van der Waals surface area (Å²) in [4.78, 5) is 26.7. The van der Waals surface area contributed by atoms with Crippen molar-refractivity contribution in [3.05, 3.63) is 76.3 Å². The molecule has 0 unspecified atom stereocenters. The van der Waals surface area contributed by atoms with E-state index in [9.17, 15) is 9.59 Å². The number of carbonyl (C=O) groups is 2. The van der Waals surface area contributed by atoms with Gasteiger partial charge < -0.3 is 9.47 Å². The van der Waals surface area contributed by atoms with Crippen LogP contribution in [-0.4, -0.2) is 25.2 Å². The average molecular weight is 443 g/mol. The van der Waals surface area contributed by atoms with Gasteiger partial charge in [0.1, 0.15) is 0 Å². The number of hydrogen-bond donors (Lipinski definition) is 0. The minimum atomic E-state index is -1.53. The molecule has 0 fully saturated rings. The molecule has 0 heterocycles. The van der Waals surface area contributed by atoms with E-state index in [2.05, 4.69) is 15.9 Å². The topological polar surface area (TPSA) is 52.6 Å². The monoisotopic (exact) mass is 442 g/mol. The lowest BCUT2D eigenvalue weighted by Gasteiger charge is -2.34. The second-order valence-electron chi connectivity index (χ2n) is 6.57. The first-order valence-electron chi connectivity index (χ1n) is 9.41. The maximum absolute atomic E-state index is 13.3. The second kappa shape index (κ2) is 8.74. The Labute approximate surface area is 173 Å². The Bertz CT molecular complexity index is 853. The molecule has 0 saturated heterocycles. The van der Waals surface area contributed by atoms with Crippen LogP contribution in [0.15, 0.2) is 65.1 Å². The number of benzene rings is 2. The lowest BCUT2D eigenvalue weighted by atomic mass is 9.69. The van der Waals surface area contributed by atoms with Gasteiger partial charge in [-0.15, -0.1) is 0 Å². The smallest absolute Gasteiger partial charge is 0.328 e. The molecule has 0 radical (unpaired) electrons. The van der Waals surface area contributed by atoms with Crippen LogP contribution in [0.4, 0.5) is 0 Å². The molecule has 0 amide bonds. The number of ether oxygens (including phenoxy) is 2. The van der Waals surface area contributed by atoms with Gasteiger partial charge in [0, 0.05) is 10.4 Å². The predicted octanol–water partition coefficient (Wildman–Crippen LogP) is 5.13. The minimum absolute atomic E-state index is 0.190. The zero-order chi connectivity index (χ0) is 20.1. The lowest BCUT2D eigenvalue weighted by molar-refractivity contribution is -0.168. The lowest BCUT2D eigenvalue weighted by Crippen LogP contribution is -2.45. The Morgan fingerprint density at radius 2 is 1.54 bits per heavy atom. The Balaban J connectivity index is 2.21. The summed E-state index contributed by atoms with van der Waals surface area (Å²) in [6, 6.07) is 17.2. The van der Waals surface area contributed by atoms with E-state index in [0.717, 1.165) is 15.6 Å². The normalized spacial score (nSPS) is 17.7. The molecule has 0 aliphatic heterocycles. The van der Waals surface area contributed by atoms with E-state index in [-0.39, 0.29) is 19.1 Å². The molecular weight excluding hydrogens is 420 g/mol. The van der Waals surface area contributed by atoms with Crippen LogP contribution in [0.25, 0.3) is 5.57 Å². The molecule has 5 heteroatoms. The molecule has 0 bridgehead atoms. The van der Waals surface area contributed by atoms with Crippen LogP contribution >= 0.6 is 15.9 Å². The molecule has 146 valence electrons. The molecule has 0 saturated carbocycles. The maximum Gasteiger partial charge on any atom is 0.328 e. The maximum atomic E-state index is 13.3. The van der Waals surface area contributed by atoms with Gasteiger partial charge in [-0.05, 0) is 49.1 Å². The first kappa shape index (κ1) is 20.3. The van der Waals surface area contributed by atoms with Gasteiger partial charge in [0.15, 0.2) is 5.41 Å². The van der Waals surface area contributed by atoms with Crippen molar-refractivity contribution in [3.8, 4) is 0 Å². The Hall–Kier alpha value is -2.40. The van der Waals surface area contributed by atoms with Gasteiger partial charge in [0.25, 0.3) is 0 Å². The highest BCUT2D eigenvalue weighted by atomic mass is 79.9. The molecule has 2 aromatic carbocycles. The number of allylic oxidation sites excluding steroid dienone is 1. The van der Waals surface area contributed by atoms with E-state index < -0.39 is 17.4 Å². The second-order valence-corrected chi connectivity index (χ2v) is 7.49. The summed E-state index contributed by atoms with van der Waals surface area (Å²) < 4.78 is 11.8. The quantitative estimate of drug-likeness (QED) is 0.459. The molecule has 0 spiro atoms. The number of halogens is 1. The van der Waals surface area contributed by atoms with Gasteiger partial charge in [-0.1, -0.05) is 64.5 Å². The Morgan fingerprint density at radius 3 is 2.07 bits per heavy atom. The van der Waals surface area contributed by atoms with Crippen molar-refractivity contribution >= 4 is 33.4 Å². The van der Waals surface area contributed by atoms with Crippen molar-refractivity contribution in [2.75, 3.05) is 13.2 Å². The van der Waals surface area contributed by atoms with Crippen molar-refractivity contribution in [2.24, 2.45) is 5.41 Å². The molecular formula is C23H23BrO4. The van der Waals surface area contributed by atoms with E-state index >= 15 is 0 Å². The van der Waals surface area contributed by atoms with E-state index in [1.807, 2.05) is 60.7 Å². The van der Waals surface area contributed by atoms with Crippen molar-refractivity contribution in [2.45, 2.75) is 26.2 Å². The summed E-state index contributed by atoms with van der Waals surface area (Å²) in [7, 11) is 0. The summed E-state index contributed by atoms with van der Waals surface area (Å²) in [6.07, 6.45) is 2.52. The third-order valence-electron chi connectivity index (χ3n) is 5.06. The summed E-state index contributed by atoms with van der Waals surface area (Å²) in [5.74, 6) is -1.51. The van der Waals surface area contributed by atoms with Crippen LogP contribution in [0.1, 0.15) is 37.3 Å². The Kier molecular flexibility index (Phi) is 6.35. The van der Waals surface area contributed by atoms with E-state index in [4.69, 9.17) is 9.47 Å². The van der Waals surface area contributed by atoms with Crippen molar-refractivity contribution in [1.29, 1.82) is 0 Å². The summed E-state index contributed by atoms with van der Waals surface area (Å²) in [5.41, 5.74) is 0.835. The molecule has 4 nitrogen and oxygen atoms in total. The predicted molar refractivity (Wildman–Crippen MR) is 112 cm³/mol. The molecule has 1 aliphatic rings. The zero-order valence-corrected chi connectivity index (χ0v) is 17.6. The summed E-state index contributed by atoms with van der Waals surface area (Å²) >= 11 is 3.44. The van der Waals surface area contributed by atoms with Gasteiger partial charge in [-0.25, -0.2) is 0 Å². The average Bonchev–Trinajstić information content (AvgIpc) is 3.11. The number of esters is 2. The van der Waals surface area contributed by atoms with Crippen molar-refractivity contribution in [3.63, 3.8) is 0 Å². The third kappa shape index (κ3) is 3.51. The summed E-state index contributed by atoms with van der Waals surface area (Å²) in [5, 5.41) is 0. The number of rotatable bonds is 6. The highest BCUT2D eigenvalue weighted by Crippen LogP contribution is 2.55. The molecule has 2 aromatic rings. The Morgan fingerprint density at radius 1 is 0.964 bits per heavy atom. The SMILES string of the molecule is CCOC(=O)C1(C(=O)OCC)C(c2ccc(Br)cc2)=CC[C@H]1c1ccccc1. The fraction of sp³-hybridized carbons (Fsp3) is 0.304. The summed E-state index contributed by atoms with van der Waals surface area (Å²) in [6.45, 7) is 3.86. The van der Waals surface area contributed by atoms with Crippen LogP contribution < -0.4 is 0 Å². The number of carbonyl (C=O) groups excluding carboxylic acids is 2. The minimum Gasteiger partial charge on any atom is -0.465 e. The van der Waals surface area contributed by atoms with Gasteiger partial charge in [-0.2, -0.15) is 0 Å². The molecule has 3 rings (SSSR count). The highest BCUT2D eigenvalue weighted by Gasteiger charge is 2.60. The van der Waals surface area contributed by atoms with Crippen LogP contribution in [0.5, 0.6) is 0 Å². The molecule has 28 heavy (non-hydrogen) atoms. The first-order chi connectivity index (χ1) is 13.6. The number of hydrogen-bond acceptors (Lipinski definition) is 4. The van der Waals surface area contributed by atoms with Gasteiger partial charge in [-0.3, -0.25) is 9.59 Å². The fourth-order valence-electron chi connectivity index (χ4n) is 3.89. The van der Waals surface area contributed by atoms with Crippen LogP contribution in [-0.2, 0) is 19.1 Å². The highest BCUT2D eigenvalue weighted by molar-refractivity contribution is 9.10. The molecule has 1 aliphatic carbocycles. The third-order valence-corrected chi connectivity index (χ3v) is 5.59. The molecule has 0 N–H and O–H groups in total. The fourth-order valence-corrected chi connectivity index (χ4v) is 4.15. The standard InChI is InChI=1S/C23H23BrO4/c1-3-27-21(25)23(22(26)28-4-2)19(16-8-6-5-7-9-16)14-15-20(23)17-10-12-18(24)13-11-17/h5-13,15,19H,3-4,14H2,1-2H3/t19-/m0/s1. The van der Waals surface area contributed by atoms with E-state index in [1.54, 1.807) is 13.8 Å². The molecule has 1 atom stereocenters. The van der Waals surface area contributed by atoms with E-state index in [1.165, 1.54) is 0 Å². The van der Waals surface area contributed by atoms with Crippen molar-refractivity contribution < 1.29 is 19.1 Å². The van der Waals surface area contributed by atoms with Gasteiger partial charge in [0.05, 0.1) is 13.2 Å². The zero-order valence-electron chi connectivity index (χ0n) is 16.0. The van der Waals surface area contributed by atoms with Crippen LogP contribution in [0, 0.1) is 5.41 Å². The van der Waals surface area contributed by atoms with Crippen LogP contribution in [0.3, 0.4) is 0 Å². The van der Waals surface area contributed by atoms with Crippen LogP contribution in [0.2, 0.25) is 0 Å².